The molecule has 1 aromatic heterocycles. The highest BCUT2D eigenvalue weighted by Gasteiger charge is 2.27. The minimum atomic E-state index is 0.207. The van der Waals surface area contributed by atoms with E-state index in [1.807, 2.05) is 37.3 Å². The molecule has 1 aliphatic rings. The Kier molecular flexibility index (Phi) is 5.95. The second kappa shape index (κ2) is 8.17. The Balaban J connectivity index is 1.63. The number of hydrogen-bond acceptors (Lipinski definition) is 4. The van der Waals surface area contributed by atoms with E-state index in [9.17, 15) is 5.11 Å². The second-order valence-corrected chi connectivity index (χ2v) is 6.88. The van der Waals surface area contributed by atoms with Gasteiger partial charge in [0, 0.05) is 43.9 Å². The Bertz CT molecular complexity index is 658. The van der Waals surface area contributed by atoms with Gasteiger partial charge in [0.2, 0.25) is 0 Å². The van der Waals surface area contributed by atoms with Gasteiger partial charge in [-0.05, 0) is 37.1 Å². The Morgan fingerprint density at radius 1 is 1.17 bits per heavy atom. The number of halogens is 1. The summed E-state index contributed by atoms with van der Waals surface area (Å²) in [7, 11) is 0. The maximum Gasteiger partial charge on any atom is 0.118 e. The monoisotopic (exact) mass is 348 g/mol. The lowest BCUT2D eigenvalue weighted by atomic mass is 10.1. The summed E-state index contributed by atoms with van der Waals surface area (Å²) in [5.74, 6) is 1.94. The van der Waals surface area contributed by atoms with Crippen LogP contribution in [-0.4, -0.2) is 47.2 Å². The van der Waals surface area contributed by atoms with Crippen molar-refractivity contribution in [3.8, 4) is 0 Å². The molecule has 1 fully saturated rings. The van der Waals surface area contributed by atoms with Crippen molar-refractivity contribution in [1.29, 1.82) is 0 Å². The van der Waals surface area contributed by atoms with Crippen LogP contribution in [0.2, 0.25) is 5.02 Å². The van der Waals surface area contributed by atoms with Gasteiger partial charge in [-0.1, -0.05) is 29.8 Å². The van der Waals surface area contributed by atoms with Crippen molar-refractivity contribution in [2.24, 2.45) is 0 Å². The van der Waals surface area contributed by atoms with Gasteiger partial charge in [-0.25, -0.2) is 0 Å². The lowest BCUT2D eigenvalue weighted by Gasteiger charge is -2.41. The zero-order valence-corrected chi connectivity index (χ0v) is 14.9. The van der Waals surface area contributed by atoms with E-state index in [4.69, 9.17) is 16.0 Å². The van der Waals surface area contributed by atoms with E-state index in [-0.39, 0.29) is 6.61 Å². The molecule has 0 aliphatic carbocycles. The number of nitrogens with zero attached hydrogens (tertiary/aromatic N) is 2. The lowest BCUT2D eigenvalue weighted by molar-refractivity contribution is 0.0454. The van der Waals surface area contributed by atoms with Crippen LogP contribution in [-0.2, 0) is 13.1 Å². The summed E-state index contributed by atoms with van der Waals surface area (Å²) in [4.78, 5) is 4.84. The quantitative estimate of drug-likeness (QED) is 0.869. The summed E-state index contributed by atoms with van der Waals surface area (Å²) in [5, 5.41) is 10.3. The molecule has 3 rings (SSSR count). The van der Waals surface area contributed by atoms with E-state index in [0.717, 1.165) is 61.3 Å². The molecule has 1 saturated heterocycles. The third kappa shape index (κ3) is 4.39. The summed E-state index contributed by atoms with van der Waals surface area (Å²) >= 11 is 6.29. The summed E-state index contributed by atoms with van der Waals surface area (Å²) < 4.78 is 5.72. The van der Waals surface area contributed by atoms with Gasteiger partial charge in [0.05, 0.1) is 6.54 Å². The molecule has 0 spiro atoms. The SMILES string of the molecule is Cc1ccc(CN2CCN(Cc3ccccc3Cl)C[C@H]2CCO)o1. The number of aliphatic hydroxyl groups is 1. The number of hydrogen-bond donors (Lipinski definition) is 1. The van der Waals surface area contributed by atoms with Crippen LogP contribution in [0.3, 0.4) is 0 Å². The van der Waals surface area contributed by atoms with E-state index in [1.54, 1.807) is 0 Å². The predicted octanol–water partition coefficient (Wildman–Crippen LogP) is 3.31. The number of rotatable bonds is 6. The van der Waals surface area contributed by atoms with Crippen molar-refractivity contribution in [3.63, 3.8) is 0 Å². The topological polar surface area (TPSA) is 39.9 Å². The summed E-state index contributed by atoms with van der Waals surface area (Å²) in [6, 6.07) is 12.4. The number of aliphatic hydroxyl groups excluding tert-OH is 1. The van der Waals surface area contributed by atoms with E-state index >= 15 is 0 Å². The van der Waals surface area contributed by atoms with Crippen molar-refractivity contribution in [3.05, 3.63) is 58.5 Å². The van der Waals surface area contributed by atoms with Crippen LogP contribution in [0.5, 0.6) is 0 Å². The summed E-state index contributed by atoms with van der Waals surface area (Å²) in [6.07, 6.45) is 0.777. The molecular formula is C19H25ClN2O2. The standard InChI is InChI=1S/C19H25ClN2O2/c1-15-6-7-18(24-15)14-22-10-9-21(13-17(22)8-11-23)12-16-4-2-3-5-19(16)20/h2-7,17,23H,8-14H2,1H3/t17-/m1/s1. The molecule has 1 aromatic carbocycles. The van der Waals surface area contributed by atoms with Crippen LogP contribution in [0.1, 0.15) is 23.5 Å². The van der Waals surface area contributed by atoms with Crippen LogP contribution in [0.15, 0.2) is 40.8 Å². The normalized spacial score (nSPS) is 19.7. The first-order valence-corrected chi connectivity index (χ1v) is 8.89. The zero-order valence-electron chi connectivity index (χ0n) is 14.1. The van der Waals surface area contributed by atoms with E-state index in [0.29, 0.717) is 6.04 Å². The van der Waals surface area contributed by atoms with Gasteiger partial charge in [-0.2, -0.15) is 0 Å². The Labute approximate surface area is 148 Å². The van der Waals surface area contributed by atoms with Crippen molar-refractivity contribution in [2.75, 3.05) is 26.2 Å². The van der Waals surface area contributed by atoms with Gasteiger partial charge in [-0.15, -0.1) is 0 Å². The van der Waals surface area contributed by atoms with Crippen molar-refractivity contribution >= 4 is 11.6 Å². The molecule has 0 bridgehead atoms. The molecule has 5 heteroatoms. The second-order valence-electron chi connectivity index (χ2n) is 6.48. The Hall–Kier alpha value is -1.33. The Morgan fingerprint density at radius 3 is 2.71 bits per heavy atom. The number of piperazine rings is 1. The van der Waals surface area contributed by atoms with Gasteiger partial charge in [-0.3, -0.25) is 9.80 Å². The van der Waals surface area contributed by atoms with Gasteiger partial charge in [0.25, 0.3) is 0 Å². The molecule has 24 heavy (non-hydrogen) atoms. The third-order valence-corrected chi connectivity index (χ3v) is 5.03. The first kappa shape index (κ1) is 17.5. The highest BCUT2D eigenvalue weighted by Crippen LogP contribution is 2.22. The molecule has 1 aliphatic heterocycles. The maximum absolute atomic E-state index is 9.44. The number of benzene rings is 1. The molecule has 2 heterocycles. The van der Waals surface area contributed by atoms with E-state index in [1.165, 1.54) is 0 Å². The molecule has 4 nitrogen and oxygen atoms in total. The molecule has 0 amide bonds. The van der Waals surface area contributed by atoms with Crippen molar-refractivity contribution in [2.45, 2.75) is 32.5 Å². The first-order chi connectivity index (χ1) is 11.7. The van der Waals surface area contributed by atoms with Crippen LogP contribution < -0.4 is 0 Å². The fraction of sp³-hybridized carbons (Fsp3) is 0.474. The molecule has 1 N–H and O–H groups in total. The summed E-state index contributed by atoms with van der Waals surface area (Å²) in [6.45, 7) is 6.73. The van der Waals surface area contributed by atoms with Crippen molar-refractivity contribution < 1.29 is 9.52 Å². The van der Waals surface area contributed by atoms with Crippen LogP contribution >= 0.6 is 11.6 Å². The van der Waals surface area contributed by atoms with Gasteiger partial charge in [0.1, 0.15) is 11.5 Å². The molecule has 0 unspecified atom stereocenters. The van der Waals surface area contributed by atoms with Gasteiger partial charge < -0.3 is 9.52 Å². The highest BCUT2D eigenvalue weighted by atomic mass is 35.5. The number of furan rings is 1. The van der Waals surface area contributed by atoms with Crippen molar-refractivity contribution in [1.82, 2.24) is 9.80 Å². The molecular weight excluding hydrogens is 324 g/mol. The molecule has 2 aromatic rings. The van der Waals surface area contributed by atoms with Gasteiger partial charge in [0.15, 0.2) is 0 Å². The highest BCUT2D eigenvalue weighted by molar-refractivity contribution is 6.31. The van der Waals surface area contributed by atoms with Crippen LogP contribution in [0.25, 0.3) is 0 Å². The van der Waals surface area contributed by atoms with E-state index in [2.05, 4.69) is 15.9 Å². The zero-order chi connectivity index (χ0) is 16.9. The molecule has 1 atom stereocenters. The van der Waals surface area contributed by atoms with Gasteiger partial charge >= 0.3 is 0 Å². The van der Waals surface area contributed by atoms with Crippen LogP contribution in [0.4, 0.5) is 0 Å². The predicted molar refractivity (Wildman–Crippen MR) is 96.1 cm³/mol. The molecule has 0 radical (unpaired) electrons. The minimum absolute atomic E-state index is 0.207. The average Bonchev–Trinajstić information content (AvgIpc) is 2.97. The fourth-order valence-electron chi connectivity index (χ4n) is 3.37. The van der Waals surface area contributed by atoms with Crippen LogP contribution in [0, 0.1) is 6.92 Å². The maximum atomic E-state index is 9.44. The third-order valence-electron chi connectivity index (χ3n) is 4.66. The first-order valence-electron chi connectivity index (χ1n) is 8.51. The molecule has 0 saturated carbocycles. The van der Waals surface area contributed by atoms with E-state index < -0.39 is 0 Å². The largest absolute Gasteiger partial charge is 0.465 e. The smallest absolute Gasteiger partial charge is 0.118 e. The molecule has 130 valence electrons. The minimum Gasteiger partial charge on any atom is -0.465 e. The Morgan fingerprint density at radius 2 is 2.00 bits per heavy atom. The summed E-state index contributed by atoms with van der Waals surface area (Å²) in [5.41, 5.74) is 1.16. The lowest BCUT2D eigenvalue weighted by Crippen LogP contribution is -2.52. The average molecular weight is 349 g/mol. The number of aryl methyl sites for hydroxylation is 1. The fourth-order valence-corrected chi connectivity index (χ4v) is 3.57.